The summed E-state index contributed by atoms with van der Waals surface area (Å²) in [5, 5.41) is 1.12. The van der Waals surface area contributed by atoms with E-state index in [0.717, 1.165) is 33.9 Å². The van der Waals surface area contributed by atoms with Crippen molar-refractivity contribution in [2.24, 2.45) is 5.73 Å². The Kier molecular flexibility index (Phi) is 4.35. The summed E-state index contributed by atoms with van der Waals surface area (Å²) < 4.78 is 0.971. The molecular formula is C15H15BrN2. The molecule has 0 bridgehead atoms. The molecule has 1 aromatic heterocycles. The van der Waals surface area contributed by atoms with Crippen LogP contribution < -0.4 is 5.73 Å². The number of fused-ring (bicyclic) bond motifs is 1. The lowest BCUT2D eigenvalue weighted by Gasteiger charge is -2.12. The van der Waals surface area contributed by atoms with Crippen LogP contribution in [0, 0.1) is 11.8 Å². The second-order valence-electron chi connectivity index (χ2n) is 4.12. The molecule has 1 unspecified atom stereocenters. The number of para-hydroxylation sites is 1. The fourth-order valence-corrected chi connectivity index (χ4v) is 2.48. The molecule has 92 valence electrons. The Hall–Kier alpha value is -1.37. The van der Waals surface area contributed by atoms with E-state index in [2.05, 4.69) is 38.8 Å². The van der Waals surface area contributed by atoms with Crippen molar-refractivity contribution >= 4 is 26.8 Å². The van der Waals surface area contributed by atoms with Gasteiger partial charge in [0.1, 0.15) is 0 Å². The lowest BCUT2D eigenvalue weighted by atomic mass is 10.1. The summed E-state index contributed by atoms with van der Waals surface area (Å²) in [5.41, 5.74) is 8.06. The van der Waals surface area contributed by atoms with Gasteiger partial charge in [-0.25, -0.2) is 4.98 Å². The van der Waals surface area contributed by atoms with Crippen LogP contribution in [0.1, 0.15) is 31.5 Å². The van der Waals surface area contributed by atoms with Crippen molar-refractivity contribution in [3.63, 3.8) is 0 Å². The van der Waals surface area contributed by atoms with E-state index in [9.17, 15) is 0 Å². The second-order valence-corrected chi connectivity index (χ2v) is 4.97. The largest absolute Gasteiger partial charge is 0.323 e. The summed E-state index contributed by atoms with van der Waals surface area (Å²) >= 11 is 3.55. The number of benzene rings is 1. The van der Waals surface area contributed by atoms with E-state index in [1.165, 1.54) is 0 Å². The zero-order valence-corrected chi connectivity index (χ0v) is 11.9. The average Bonchev–Trinajstić information content (AvgIpc) is 2.38. The van der Waals surface area contributed by atoms with Gasteiger partial charge in [-0.2, -0.15) is 0 Å². The third kappa shape index (κ3) is 2.90. The first-order valence-corrected chi connectivity index (χ1v) is 6.72. The number of nitrogens with two attached hydrogens (primary N) is 1. The van der Waals surface area contributed by atoms with Gasteiger partial charge in [-0.15, -0.1) is 11.8 Å². The van der Waals surface area contributed by atoms with E-state index in [1.54, 1.807) is 0 Å². The smallest absolute Gasteiger partial charge is 0.0720 e. The van der Waals surface area contributed by atoms with Crippen LogP contribution in [0.2, 0.25) is 0 Å². The van der Waals surface area contributed by atoms with E-state index in [0.29, 0.717) is 0 Å². The Morgan fingerprint density at radius 3 is 2.94 bits per heavy atom. The number of nitrogens with zero attached hydrogens (tertiary/aromatic N) is 1. The van der Waals surface area contributed by atoms with Crippen LogP contribution >= 0.6 is 15.9 Å². The van der Waals surface area contributed by atoms with E-state index >= 15 is 0 Å². The molecule has 0 radical (unpaired) electrons. The fraction of sp³-hybridized carbons (Fsp3) is 0.267. The van der Waals surface area contributed by atoms with E-state index < -0.39 is 0 Å². The molecular weight excluding hydrogens is 288 g/mol. The SMILES string of the molecule is CC#CCCC(N)c1nc2ccccc2cc1Br. The molecule has 18 heavy (non-hydrogen) atoms. The van der Waals surface area contributed by atoms with Crippen molar-refractivity contribution in [3.05, 3.63) is 40.5 Å². The Morgan fingerprint density at radius 1 is 1.39 bits per heavy atom. The highest BCUT2D eigenvalue weighted by Gasteiger charge is 2.12. The number of halogens is 1. The van der Waals surface area contributed by atoms with Crippen LogP contribution in [0.15, 0.2) is 34.8 Å². The molecule has 0 saturated heterocycles. The van der Waals surface area contributed by atoms with E-state index in [-0.39, 0.29) is 6.04 Å². The first-order valence-electron chi connectivity index (χ1n) is 5.92. The van der Waals surface area contributed by atoms with Gasteiger partial charge in [0.05, 0.1) is 11.2 Å². The number of rotatable bonds is 3. The Balaban J connectivity index is 2.31. The highest BCUT2D eigenvalue weighted by molar-refractivity contribution is 9.10. The van der Waals surface area contributed by atoms with Crippen molar-refractivity contribution in [2.75, 3.05) is 0 Å². The summed E-state index contributed by atoms with van der Waals surface area (Å²) in [6.07, 6.45) is 1.63. The van der Waals surface area contributed by atoms with Gasteiger partial charge in [-0.1, -0.05) is 18.2 Å². The highest BCUT2D eigenvalue weighted by atomic mass is 79.9. The summed E-state index contributed by atoms with van der Waals surface area (Å²) in [6, 6.07) is 10.0. The molecule has 2 nitrogen and oxygen atoms in total. The Morgan fingerprint density at radius 2 is 2.17 bits per heavy atom. The molecule has 0 fully saturated rings. The van der Waals surface area contributed by atoms with Gasteiger partial charge in [-0.3, -0.25) is 0 Å². The molecule has 1 aromatic carbocycles. The van der Waals surface area contributed by atoms with Crippen LogP contribution in [-0.2, 0) is 0 Å². The number of pyridine rings is 1. The van der Waals surface area contributed by atoms with Crippen molar-refractivity contribution in [1.82, 2.24) is 4.98 Å². The van der Waals surface area contributed by atoms with Crippen molar-refractivity contribution in [3.8, 4) is 11.8 Å². The Labute approximate surface area is 116 Å². The van der Waals surface area contributed by atoms with Crippen molar-refractivity contribution in [1.29, 1.82) is 0 Å². The minimum absolute atomic E-state index is 0.0789. The predicted octanol–water partition coefficient (Wildman–Crippen LogP) is 3.80. The van der Waals surface area contributed by atoms with Gasteiger partial charge in [0.15, 0.2) is 0 Å². The lowest BCUT2D eigenvalue weighted by molar-refractivity contribution is 0.647. The van der Waals surface area contributed by atoms with Crippen LogP contribution in [-0.4, -0.2) is 4.98 Å². The molecule has 0 aliphatic rings. The molecule has 0 aliphatic carbocycles. The summed E-state index contributed by atoms with van der Waals surface area (Å²) in [6.45, 7) is 1.84. The second kappa shape index (κ2) is 5.99. The third-order valence-corrected chi connectivity index (χ3v) is 3.45. The minimum atomic E-state index is -0.0789. The maximum absolute atomic E-state index is 6.17. The zero-order valence-electron chi connectivity index (χ0n) is 10.3. The van der Waals surface area contributed by atoms with Crippen LogP contribution in [0.25, 0.3) is 10.9 Å². The number of hydrogen-bond acceptors (Lipinski definition) is 2. The molecule has 1 atom stereocenters. The molecule has 0 aliphatic heterocycles. The van der Waals surface area contributed by atoms with Gasteiger partial charge in [0, 0.05) is 22.3 Å². The molecule has 2 aromatic rings. The molecule has 3 heteroatoms. The van der Waals surface area contributed by atoms with Crippen LogP contribution in [0.3, 0.4) is 0 Å². The molecule has 2 N–H and O–H groups in total. The average molecular weight is 303 g/mol. The number of aromatic nitrogens is 1. The topological polar surface area (TPSA) is 38.9 Å². The van der Waals surface area contributed by atoms with Gasteiger partial charge in [-0.05, 0) is 41.4 Å². The maximum Gasteiger partial charge on any atom is 0.0720 e. The summed E-state index contributed by atoms with van der Waals surface area (Å²) in [4.78, 5) is 4.63. The molecule has 1 heterocycles. The fourth-order valence-electron chi connectivity index (χ4n) is 1.85. The maximum atomic E-state index is 6.17. The molecule has 0 saturated carbocycles. The Bertz CT molecular complexity index is 611. The summed E-state index contributed by atoms with van der Waals surface area (Å²) in [7, 11) is 0. The first-order chi connectivity index (χ1) is 8.72. The number of hydrogen-bond donors (Lipinski definition) is 1. The van der Waals surface area contributed by atoms with Gasteiger partial charge < -0.3 is 5.73 Å². The minimum Gasteiger partial charge on any atom is -0.323 e. The molecule has 0 amide bonds. The van der Waals surface area contributed by atoms with E-state index in [4.69, 9.17) is 5.73 Å². The lowest BCUT2D eigenvalue weighted by Crippen LogP contribution is -2.12. The van der Waals surface area contributed by atoms with Gasteiger partial charge >= 0.3 is 0 Å². The van der Waals surface area contributed by atoms with Crippen LogP contribution in [0.5, 0.6) is 0 Å². The quantitative estimate of drug-likeness (QED) is 0.876. The first kappa shape index (κ1) is 13.1. The molecule has 0 spiro atoms. The monoisotopic (exact) mass is 302 g/mol. The predicted molar refractivity (Wildman–Crippen MR) is 79.1 cm³/mol. The third-order valence-electron chi connectivity index (χ3n) is 2.81. The zero-order chi connectivity index (χ0) is 13.0. The molecule has 2 rings (SSSR count). The van der Waals surface area contributed by atoms with Crippen molar-refractivity contribution in [2.45, 2.75) is 25.8 Å². The van der Waals surface area contributed by atoms with E-state index in [1.807, 2.05) is 31.2 Å². The normalized spacial score (nSPS) is 11.9. The highest BCUT2D eigenvalue weighted by Crippen LogP contribution is 2.26. The van der Waals surface area contributed by atoms with Gasteiger partial charge in [0.2, 0.25) is 0 Å². The van der Waals surface area contributed by atoms with Gasteiger partial charge in [0.25, 0.3) is 0 Å². The standard InChI is InChI=1S/C15H15BrN2/c1-2-3-4-8-13(17)15-12(16)10-11-7-5-6-9-14(11)18-15/h5-7,9-10,13H,4,8,17H2,1H3. The summed E-state index contributed by atoms with van der Waals surface area (Å²) in [5.74, 6) is 5.91. The van der Waals surface area contributed by atoms with Crippen molar-refractivity contribution < 1.29 is 0 Å². The van der Waals surface area contributed by atoms with Crippen LogP contribution in [0.4, 0.5) is 0 Å².